The summed E-state index contributed by atoms with van der Waals surface area (Å²) < 4.78 is 73.5. The van der Waals surface area contributed by atoms with E-state index in [9.17, 15) is 46.4 Å². The molecule has 43 heavy (non-hydrogen) atoms. The molecule has 4 atom stereocenters. The first-order valence-corrected chi connectivity index (χ1v) is 14.0. The van der Waals surface area contributed by atoms with Crippen LogP contribution in [0.25, 0.3) is 0 Å². The van der Waals surface area contributed by atoms with E-state index in [-0.39, 0.29) is 42.5 Å². The summed E-state index contributed by atoms with van der Waals surface area (Å²) in [6.45, 7) is -0.468. The number of nitriles is 1. The lowest BCUT2D eigenvalue weighted by atomic mass is 9.96. The highest BCUT2D eigenvalue weighted by Crippen LogP contribution is 2.45. The maximum atomic E-state index is 14.5. The van der Waals surface area contributed by atoms with E-state index >= 15 is 0 Å². The molecule has 3 fully saturated rings. The van der Waals surface area contributed by atoms with Gasteiger partial charge in [-0.3, -0.25) is 19.2 Å². The van der Waals surface area contributed by atoms with Crippen molar-refractivity contribution in [2.24, 2.45) is 11.8 Å². The topological polar surface area (TPSA) is 123 Å². The van der Waals surface area contributed by atoms with Crippen LogP contribution in [0.3, 0.4) is 0 Å². The third kappa shape index (κ3) is 5.96. The van der Waals surface area contributed by atoms with E-state index in [0.29, 0.717) is 18.9 Å². The first kappa shape index (κ1) is 30.5. The second-order valence-corrected chi connectivity index (χ2v) is 11.9. The molecule has 4 aliphatic rings. The van der Waals surface area contributed by atoms with Crippen LogP contribution in [0, 0.1) is 34.8 Å². The van der Waals surface area contributed by atoms with E-state index in [4.69, 9.17) is 4.74 Å². The maximum Gasteiger partial charge on any atom is 0.471 e. The Labute approximate surface area is 243 Å². The van der Waals surface area contributed by atoms with Crippen molar-refractivity contribution in [2.75, 3.05) is 25.5 Å². The number of ether oxygens (including phenoxy) is 1. The van der Waals surface area contributed by atoms with Gasteiger partial charge in [-0.05, 0) is 24.7 Å². The molecule has 15 heteroatoms. The van der Waals surface area contributed by atoms with Crippen molar-refractivity contribution in [1.82, 2.24) is 15.1 Å². The summed E-state index contributed by atoms with van der Waals surface area (Å²) >= 11 is 0. The zero-order valence-corrected chi connectivity index (χ0v) is 23.4. The van der Waals surface area contributed by atoms with Gasteiger partial charge in [-0.25, -0.2) is 8.78 Å². The predicted octanol–water partition coefficient (Wildman–Crippen LogP) is 2.66. The number of benzene rings is 1. The summed E-state index contributed by atoms with van der Waals surface area (Å²) in [5.41, 5.74) is -2.14. The fourth-order valence-electron chi connectivity index (χ4n) is 5.89. The smallest absolute Gasteiger partial charge is 0.471 e. The van der Waals surface area contributed by atoms with Crippen LogP contribution in [0.15, 0.2) is 12.1 Å². The van der Waals surface area contributed by atoms with Crippen LogP contribution in [-0.4, -0.2) is 84.0 Å². The highest BCUT2D eigenvalue weighted by atomic mass is 19.4. The number of carbonyl (C=O) groups is 4. The molecule has 0 radical (unpaired) electrons. The standard InChI is InChI=1S/C28H30F5N5O5/c1-36(23(39)19(7-14-3-4-14)35-25(41)28(31,32)33)20(8-15-5-6-15)24(40)38-13-27(11-17(38)12-34)26(42)37(2)22-18(30)9-16(29)10-21(22)43-27/h9-10,14-15,17,19-20H,3-8,11,13H2,1-2H3,(H,35,41)/t17-,19?,20?,27+/m0/s1. The van der Waals surface area contributed by atoms with Gasteiger partial charge in [0.15, 0.2) is 11.6 Å². The third-order valence-electron chi connectivity index (χ3n) is 8.57. The van der Waals surface area contributed by atoms with Gasteiger partial charge in [-0.15, -0.1) is 0 Å². The van der Waals surface area contributed by atoms with E-state index in [1.54, 1.807) is 5.32 Å². The molecule has 1 aromatic rings. The van der Waals surface area contributed by atoms with E-state index in [1.807, 2.05) is 6.07 Å². The van der Waals surface area contributed by atoms with Crippen LogP contribution in [0.1, 0.15) is 44.9 Å². The van der Waals surface area contributed by atoms with Gasteiger partial charge in [0, 0.05) is 32.6 Å². The molecular formula is C28H30F5N5O5. The maximum absolute atomic E-state index is 14.5. The normalized spacial score (nSPS) is 24.6. The largest absolute Gasteiger partial charge is 0.473 e. The Morgan fingerprint density at radius 2 is 1.79 bits per heavy atom. The fraction of sp³-hybridized carbons (Fsp3) is 0.607. The number of hydrogen-bond acceptors (Lipinski definition) is 6. The Morgan fingerprint density at radius 1 is 1.16 bits per heavy atom. The van der Waals surface area contributed by atoms with Crippen LogP contribution in [0.4, 0.5) is 27.6 Å². The van der Waals surface area contributed by atoms with Gasteiger partial charge in [0.2, 0.25) is 17.4 Å². The van der Waals surface area contributed by atoms with E-state index in [2.05, 4.69) is 0 Å². The highest BCUT2D eigenvalue weighted by Gasteiger charge is 2.58. The number of halogens is 5. The first-order chi connectivity index (χ1) is 20.1. The summed E-state index contributed by atoms with van der Waals surface area (Å²) in [6.07, 6.45) is -2.50. The minimum absolute atomic E-state index is 0.0236. The summed E-state index contributed by atoms with van der Waals surface area (Å²) in [6, 6.07) is -0.502. The van der Waals surface area contributed by atoms with Crippen LogP contribution in [-0.2, 0) is 19.2 Å². The highest BCUT2D eigenvalue weighted by molar-refractivity contribution is 6.04. The van der Waals surface area contributed by atoms with Crippen molar-refractivity contribution < 1.29 is 45.9 Å². The summed E-state index contributed by atoms with van der Waals surface area (Å²) in [5, 5.41) is 11.7. The predicted molar refractivity (Wildman–Crippen MR) is 138 cm³/mol. The second kappa shape index (κ2) is 10.9. The molecule has 2 heterocycles. The Kier molecular flexibility index (Phi) is 7.77. The van der Waals surface area contributed by atoms with Gasteiger partial charge in [0.1, 0.15) is 29.6 Å². The van der Waals surface area contributed by atoms with Crippen LogP contribution >= 0.6 is 0 Å². The number of rotatable bonds is 8. The fourth-order valence-corrected chi connectivity index (χ4v) is 5.89. The van der Waals surface area contributed by atoms with E-state index in [0.717, 1.165) is 33.6 Å². The number of nitrogens with zero attached hydrogens (tertiary/aromatic N) is 4. The van der Waals surface area contributed by atoms with E-state index < -0.39 is 71.7 Å². The Bertz CT molecular complexity index is 1390. The lowest BCUT2D eigenvalue weighted by molar-refractivity contribution is -0.175. The SMILES string of the molecule is CN1C(=O)[C@]2(C[C@@H](C#N)N(C(=O)C(CC3CC3)N(C)C(=O)C(CC3CC3)NC(=O)C(F)(F)F)C2)Oc2cc(F)cc(F)c21. The molecule has 2 aliphatic carbocycles. The molecule has 4 amide bonds. The van der Waals surface area contributed by atoms with Gasteiger partial charge >= 0.3 is 12.1 Å². The van der Waals surface area contributed by atoms with Gasteiger partial charge < -0.3 is 24.8 Å². The number of fused-ring (bicyclic) bond motifs is 1. The lowest BCUT2D eigenvalue weighted by Crippen LogP contribution is -2.59. The second-order valence-electron chi connectivity index (χ2n) is 11.9. The van der Waals surface area contributed by atoms with E-state index in [1.165, 1.54) is 14.1 Å². The number of alkyl halides is 3. The molecule has 1 aromatic carbocycles. The Balaban J connectivity index is 1.41. The van der Waals surface area contributed by atoms with Gasteiger partial charge in [0.25, 0.3) is 5.91 Å². The lowest BCUT2D eigenvalue weighted by Gasteiger charge is -2.39. The molecule has 0 bridgehead atoms. The molecule has 5 rings (SSSR count). The molecular weight excluding hydrogens is 581 g/mol. The van der Waals surface area contributed by atoms with Crippen molar-refractivity contribution in [2.45, 2.75) is 74.8 Å². The number of anilines is 1. The van der Waals surface area contributed by atoms with Crippen LogP contribution in [0.5, 0.6) is 5.75 Å². The third-order valence-corrected chi connectivity index (χ3v) is 8.57. The number of carbonyl (C=O) groups excluding carboxylic acids is 4. The molecule has 232 valence electrons. The molecule has 1 saturated heterocycles. The number of nitrogens with one attached hydrogen (secondary N) is 1. The molecule has 1 spiro atoms. The van der Waals surface area contributed by atoms with Gasteiger partial charge in [-0.2, -0.15) is 18.4 Å². The molecule has 2 unspecified atom stereocenters. The Hall–Kier alpha value is -3.96. The number of hydrogen-bond donors (Lipinski definition) is 1. The molecule has 1 N–H and O–H groups in total. The van der Waals surface area contributed by atoms with Crippen molar-refractivity contribution in [1.29, 1.82) is 5.26 Å². The minimum atomic E-state index is -5.21. The average molecular weight is 612 g/mol. The van der Waals surface area contributed by atoms with Gasteiger partial charge in [0.05, 0.1) is 12.6 Å². The van der Waals surface area contributed by atoms with Crippen molar-refractivity contribution in [3.63, 3.8) is 0 Å². The van der Waals surface area contributed by atoms with Crippen molar-refractivity contribution >= 4 is 29.3 Å². The summed E-state index contributed by atoms with van der Waals surface area (Å²) in [7, 11) is 2.52. The summed E-state index contributed by atoms with van der Waals surface area (Å²) in [4.78, 5) is 55.8. The number of likely N-dealkylation sites (N-methyl/N-ethyl adjacent to an activating group) is 2. The molecule has 2 aliphatic heterocycles. The molecule has 10 nitrogen and oxygen atoms in total. The quantitative estimate of drug-likeness (QED) is 0.451. The van der Waals surface area contributed by atoms with Crippen LogP contribution in [0.2, 0.25) is 0 Å². The van der Waals surface area contributed by atoms with Crippen molar-refractivity contribution in [3.05, 3.63) is 23.8 Å². The van der Waals surface area contributed by atoms with Crippen LogP contribution < -0.4 is 15.0 Å². The number of amides is 4. The van der Waals surface area contributed by atoms with Crippen molar-refractivity contribution in [3.8, 4) is 11.8 Å². The zero-order valence-electron chi connectivity index (χ0n) is 23.4. The first-order valence-electron chi connectivity index (χ1n) is 14.0. The summed E-state index contributed by atoms with van der Waals surface area (Å²) in [5.74, 6) is -6.90. The minimum Gasteiger partial charge on any atom is -0.473 e. The Morgan fingerprint density at radius 3 is 2.37 bits per heavy atom. The average Bonchev–Trinajstić information content (AvgIpc) is 3.87. The molecule has 2 saturated carbocycles. The number of likely N-dealkylation sites (tertiary alicyclic amines) is 1. The zero-order chi connectivity index (χ0) is 31.4. The molecule has 0 aromatic heterocycles. The van der Waals surface area contributed by atoms with Gasteiger partial charge in [-0.1, -0.05) is 25.7 Å². The monoisotopic (exact) mass is 611 g/mol.